The van der Waals surface area contributed by atoms with Crippen LogP contribution in [0, 0.1) is 0 Å². The highest BCUT2D eigenvalue weighted by atomic mass is 32.1. The summed E-state index contributed by atoms with van der Waals surface area (Å²) in [4.78, 5) is 9.54. The van der Waals surface area contributed by atoms with E-state index in [1.54, 1.807) is 0 Å². The molecule has 0 spiro atoms. The Labute approximate surface area is 120 Å². The largest absolute Gasteiger partial charge is 0.392 e. The number of nitrogens with zero attached hydrogens (tertiary/aromatic N) is 4. The van der Waals surface area contributed by atoms with Gasteiger partial charge in [-0.2, -0.15) is 0 Å². The molecule has 0 amide bonds. The van der Waals surface area contributed by atoms with Crippen LogP contribution in [0.15, 0.2) is 18.7 Å². The highest BCUT2D eigenvalue weighted by molar-refractivity contribution is 7.80. The molecule has 1 aromatic heterocycles. The third-order valence-corrected chi connectivity index (χ3v) is 4.16. The fourth-order valence-electron chi connectivity index (χ4n) is 2.45. The summed E-state index contributed by atoms with van der Waals surface area (Å²) in [5, 5.41) is 0. The van der Waals surface area contributed by atoms with Gasteiger partial charge in [0.25, 0.3) is 0 Å². The summed E-state index contributed by atoms with van der Waals surface area (Å²) in [6, 6.07) is 0.225. The molecule has 19 heavy (non-hydrogen) atoms. The Hall–Kier alpha value is -0.980. The maximum absolute atomic E-state index is 5.70. The summed E-state index contributed by atoms with van der Waals surface area (Å²) in [6.07, 6.45) is 6.89. The molecule has 1 fully saturated rings. The van der Waals surface area contributed by atoms with Gasteiger partial charge >= 0.3 is 0 Å². The van der Waals surface area contributed by atoms with Gasteiger partial charge in [0, 0.05) is 45.1 Å². The number of thiocarbonyl (C=S) groups is 1. The van der Waals surface area contributed by atoms with Gasteiger partial charge in [-0.15, -0.1) is 0 Å². The lowest BCUT2D eigenvalue weighted by Crippen LogP contribution is -2.52. The fraction of sp³-hybridized carbons (Fsp3) is 0.692. The van der Waals surface area contributed by atoms with E-state index in [1.807, 2.05) is 18.7 Å². The minimum atomic E-state index is 0.225. The van der Waals surface area contributed by atoms with Crippen molar-refractivity contribution in [2.75, 3.05) is 32.7 Å². The molecule has 1 aliphatic rings. The van der Waals surface area contributed by atoms with Crippen molar-refractivity contribution in [1.29, 1.82) is 0 Å². The number of nitrogens with two attached hydrogens (primary N) is 1. The molecule has 1 atom stereocenters. The van der Waals surface area contributed by atoms with Crippen molar-refractivity contribution >= 4 is 17.2 Å². The molecule has 2 N–H and O–H groups in total. The average Bonchev–Trinajstić information content (AvgIpc) is 2.92. The van der Waals surface area contributed by atoms with Crippen molar-refractivity contribution in [3.63, 3.8) is 0 Å². The highest BCUT2D eigenvalue weighted by Gasteiger charge is 2.21. The minimum Gasteiger partial charge on any atom is -0.392 e. The third-order valence-electron chi connectivity index (χ3n) is 3.82. The van der Waals surface area contributed by atoms with Crippen molar-refractivity contribution in [3.8, 4) is 0 Å². The summed E-state index contributed by atoms with van der Waals surface area (Å²) in [5.41, 5.74) is 5.70. The molecule has 0 bridgehead atoms. The summed E-state index contributed by atoms with van der Waals surface area (Å²) < 4.78 is 2.13. The molecule has 0 aromatic carbocycles. The normalized spacial score (nSPS) is 19.4. The topological polar surface area (TPSA) is 50.3 Å². The van der Waals surface area contributed by atoms with Crippen LogP contribution < -0.4 is 5.73 Å². The smallest absolute Gasteiger partial charge is 0.0945 e. The molecule has 0 saturated carbocycles. The second-order valence-electron chi connectivity index (χ2n) is 5.11. The minimum absolute atomic E-state index is 0.225. The van der Waals surface area contributed by atoms with Crippen molar-refractivity contribution in [3.05, 3.63) is 18.7 Å². The standard InChI is InChI=1S/C13H23N5S/c1-12(13(14)19)18-9-7-16(8-10-18)4-2-5-17-6-3-15-11-17/h3,6,11-12H,2,4-5,7-10H2,1H3,(H2,14,19). The molecule has 106 valence electrons. The number of hydrogen-bond acceptors (Lipinski definition) is 4. The summed E-state index contributed by atoms with van der Waals surface area (Å²) in [6.45, 7) is 8.62. The van der Waals surface area contributed by atoms with Crippen LogP contribution in [0.5, 0.6) is 0 Å². The van der Waals surface area contributed by atoms with Crippen LogP contribution in [0.2, 0.25) is 0 Å². The Bertz CT molecular complexity index is 384. The zero-order valence-corrected chi connectivity index (χ0v) is 12.4. The van der Waals surface area contributed by atoms with E-state index in [1.165, 1.54) is 6.42 Å². The molecule has 1 unspecified atom stereocenters. The van der Waals surface area contributed by atoms with Gasteiger partial charge in [0.1, 0.15) is 0 Å². The SMILES string of the molecule is CC(C(N)=S)N1CCN(CCCn2ccnc2)CC1. The lowest BCUT2D eigenvalue weighted by molar-refractivity contribution is 0.121. The number of piperazine rings is 1. The second kappa shape index (κ2) is 6.98. The van der Waals surface area contributed by atoms with E-state index < -0.39 is 0 Å². The van der Waals surface area contributed by atoms with Crippen LogP contribution >= 0.6 is 12.2 Å². The first kappa shape index (κ1) is 14.4. The predicted molar refractivity (Wildman–Crippen MR) is 81.1 cm³/mol. The van der Waals surface area contributed by atoms with Gasteiger partial charge in [-0.3, -0.25) is 4.90 Å². The lowest BCUT2D eigenvalue weighted by atomic mass is 10.2. The first-order valence-electron chi connectivity index (χ1n) is 6.88. The van der Waals surface area contributed by atoms with Gasteiger partial charge < -0.3 is 15.2 Å². The number of imidazole rings is 1. The van der Waals surface area contributed by atoms with E-state index >= 15 is 0 Å². The van der Waals surface area contributed by atoms with Crippen molar-refractivity contribution in [2.24, 2.45) is 5.73 Å². The number of hydrogen-bond donors (Lipinski definition) is 1. The summed E-state index contributed by atoms with van der Waals surface area (Å²) >= 11 is 5.06. The Balaban J connectivity index is 1.65. The quantitative estimate of drug-likeness (QED) is 0.773. The zero-order valence-electron chi connectivity index (χ0n) is 11.5. The highest BCUT2D eigenvalue weighted by Crippen LogP contribution is 2.07. The first-order valence-corrected chi connectivity index (χ1v) is 7.29. The first-order chi connectivity index (χ1) is 9.16. The predicted octanol–water partition coefficient (Wildman–Crippen LogP) is 0.565. The van der Waals surface area contributed by atoms with E-state index in [-0.39, 0.29) is 6.04 Å². The zero-order chi connectivity index (χ0) is 13.7. The Morgan fingerprint density at radius 2 is 2.05 bits per heavy atom. The van der Waals surface area contributed by atoms with Crippen LogP contribution in [0.4, 0.5) is 0 Å². The maximum Gasteiger partial charge on any atom is 0.0945 e. The lowest BCUT2D eigenvalue weighted by Gasteiger charge is -2.37. The van der Waals surface area contributed by atoms with Gasteiger partial charge in [-0.05, 0) is 19.9 Å². The van der Waals surface area contributed by atoms with Gasteiger partial charge in [-0.1, -0.05) is 12.2 Å². The van der Waals surface area contributed by atoms with Crippen LogP contribution in [0.1, 0.15) is 13.3 Å². The van der Waals surface area contributed by atoms with Gasteiger partial charge in [0.2, 0.25) is 0 Å². The molecule has 1 aromatic rings. The van der Waals surface area contributed by atoms with E-state index in [9.17, 15) is 0 Å². The van der Waals surface area contributed by atoms with E-state index in [2.05, 4.69) is 26.3 Å². The van der Waals surface area contributed by atoms with E-state index in [4.69, 9.17) is 18.0 Å². The molecule has 0 radical (unpaired) electrons. The Morgan fingerprint density at radius 3 is 2.63 bits per heavy atom. The molecule has 1 saturated heterocycles. The van der Waals surface area contributed by atoms with Crippen molar-refractivity contribution in [2.45, 2.75) is 25.9 Å². The maximum atomic E-state index is 5.70. The average molecular weight is 281 g/mol. The Morgan fingerprint density at radius 1 is 1.32 bits per heavy atom. The van der Waals surface area contributed by atoms with E-state index in [0.29, 0.717) is 4.99 Å². The molecule has 5 nitrogen and oxygen atoms in total. The van der Waals surface area contributed by atoms with Gasteiger partial charge in [0.05, 0.1) is 17.4 Å². The molecule has 1 aliphatic heterocycles. The van der Waals surface area contributed by atoms with Crippen LogP contribution in [-0.2, 0) is 6.54 Å². The second-order valence-corrected chi connectivity index (χ2v) is 5.58. The van der Waals surface area contributed by atoms with Crippen LogP contribution in [-0.4, -0.2) is 63.1 Å². The molecular formula is C13H23N5S. The number of aromatic nitrogens is 2. The monoisotopic (exact) mass is 281 g/mol. The van der Waals surface area contributed by atoms with Gasteiger partial charge in [0.15, 0.2) is 0 Å². The molecule has 2 rings (SSSR count). The number of rotatable bonds is 6. The molecule has 0 aliphatic carbocycles. The molecule has 2 heterocycles. The van der Waals surface area contributed by atoms with Crippen LogP contribution in [0.25, 0.3) is 0 Å². The van der Waals surface area contributed by atoms with Crippen molar-refractivity contribution in [1.82, 2.24) is 19.4 Å². The van der Waals surface area contributed by atoms with Crippen LogP contribution in [0.3, 0.4) is 0 Å². The summed E-state index contributed by atoms with van der Waals surface area (Å²) in [5.74, 6) is 0. The Kier molecular flexibility index (Phi) is 5.30. The fourth-order valence-corrected chi connectivity index (χ4v) is 2.60. The van der Waals surface area contributed by atoms with Gasteiger partial charge in [-0.25, -0.2) is 4.98 Å². The molecular weight excluding hydrogens is 258 g/mol. The molecule has 6 heteroatoms. The summed E-state index contributed by atoms with van der Waals surface area (Å²) in [7, 11) is 0. The number of aryl methyl sites for hydroxylation is 1. The van der Waals surface area contributed by atoms with Crippen molar-refractivity contribution < 1.29 is 0 Å². The van der Waals surface area contributed by atoms with E-state index in [0.717, 1.165) is 39.3 Å². The third kappa shape index (κ3) is 4.26.